The van der Waals surface area contributed by atoms with E-state index in [4.69, 9.17) is 9.72 Å². The number of carbonyl (C=O) groups excluding carboxylic acids is 1. The molecule has 4 aromatic rings. The Morgan fingerprint density at radius 3 is 2.72 bits per heavy atom. The number of pyridine rings is 2. The molecule has 9 heteroatoms. The molecule has 5 rings (SSSR count). The smallest absolute Gasteiger partial charge is 0.233 e. The van der Waals surface area contributed by atoms with E-state index in [1.807, 2.05) is 25.5 Å². The van der Waals surface area contributed by atoms with E-state index in [2.05, 4.69) is 45.2 Å². The fourth-order valence-electron chi connectivity index (χ4n) is 5.61. The molecule has 0 spiro atoms. The summed E-state index contributed by atoms with van der Waals surface area (Å²) in [7, 11) is 5.40. The first kappa shape index (κ1) is 24.2. The first-order valence-corrected chi connectivity index (χ1v) is 12.7. The number of amides is 1. The Hall–Kier alpha value is -3.46. The van der Waals surface area contributed by atoms with Gasteiger partial charge >= 0.3 is 0 Å². The average molecular weight is 490 g/mol. The molecule has 1 fully saturated rings. The summed E-state index contributed by atoms with van der Waals surface area (Å²) in [5.41, 5.74) is 6.24. The van der Waals surface area contributed by atoms with Crippen LogP contribution in [0.15, 0.2) is 30.9 Å². The van der Waals surface area contributed by atoms with E-state index in [9.17, 15) is 4.79 Å². The van der Waals surface area contributed by atoms with Crippen LogP contribution < -0.4 is 10.1 Å². The molecule has 0 radical (unpaired) electrons. The highest BCUT2D eigenvalue weighted by Crippen LogP contribution is 2.39. The van der Waals surface area contributed by atoms with E-state index in [-0.39, 0.29) is 5.91 Å². The largest absolute Gasteiger partial charge is 0.493 e. The number of ether oxygens (including phenoxy) is 1. The van der Waals surface area contributed by atoms with Gasteiger partial charge in [-0.15, -0.1) is 0 Å². The predicted molar refractivity (Wildman–Crippen MR) is 140 cm³/mol. The third-order valence-electron chi connectivity index (χ3n) is 7.58. The van der Waals surface area contributed by atoms with Crippen LogP contribution in [-0.2, 0) is 4.79 Å². The Bertz CT molecular complexity index is 1380. The molecule has 0 bridgehead atoms. The van der Waals surface area contributed by atoms with Gasteiger partial charge in [0.15, 0.2) is 11.4 Å². The Morgan fingerprint density at radius 1 is 1.25 bits per heavy atom. The summed E-state index contributed by atoms with van der Waals surface area (Å²) in [6.07, 6.45) is 9.82. The van der Waals surface area contributed by atoms with Gasteiger partial charge in [0.05, 0.1) is 31.1 Å². The van der Waals surface area contributed by atoms with E-state index < -0.39 is 0 Å². The maximum Gasteiger partial charge on any atom is 0.233 e. The van der Waals surface area contributed by atoms with Crippen LogP contribution in [0.3, 0.4) is 0 Å². The summed E-state index contributed by atoms with van der Waals surface area (Å²) in [6.45, 7) is 4.90. The molecule has 2 N–H and O–H groups in total. The molecule has 4 aromatic heterocycles. The van der Waals surface area contributed by atoms with Gasteiger partial charge in [0.2, 0.25) is 5.91 Å². The third-order valence-corrected chi connectivity index (χ3v) is 7.58. The molecule has 9 nitrogen and oxygen atoms in total. The third kappa shape index (κ3) is 4.43. The zero-order valence-corrected chi connectivity index (χ0v) is 21.7. The predicted octanol–water partition coefficient (Wildman–Crippen LogP) is 4.11. The molecule has 0 aliphatic heterocycles. The van der Waals surface area contributed by atoms with Crippen molar-refractivity contribution in [2.75, 3.05) is 27.7 Å². The standard InChI is InChI=1S/C27H35N7O2/c1-16(2)25-20-11-21(17-6-8-19(9-7-17)33(4)14-24(35)28-3)29-12-22(20)32-26(25)18-10-23(36-5)27-30-15-31-34(27)13-18/h10-13,15-17,19,32H,6-9,14H2,1-5H3,(H,28,35). The number of aromatic nitrogens is 5. The van der Waals surface area contributed by atoms with Crippen molar-refractivity contribution in [1.82, 2.24) is 34.8 Å². The number of methoxy groups -OCH3 is 1. The molecule has 0 saturated heterocycles. The molecule has 190 valence electrons. The topological polar surface area (TPSA) is 100 Å². The summed E-state index contributed by atoms with van der Waals surface area (Å²) >= 11 is 0. The van der Waals surface area contributed by atoms with Crippen molar-refractivity contribution < 1.29 is 9.53 Å². The SMILES string of the molecule is CNC(=O)CN(C)C1CCC(c2cc3c(C(C)C)c(-c4cc(OC)c5ncnn5c4)[nH]c3cn2)CC1. The summed E-state index contributed by atoms with van der Waals surface area (Å²) in [5, 5.41) is 8.27. The lowest BCUT2D eigenvalue weighted by molar-refractivity contribution is -0.122. The van der Waals surface area contributed by atoms with Crippen molar-refractivity contribution in [2.24, 2.45) is 0 Å². The van der Waals surface area contributed by atoms with Gasteiger partial charge in [-0.05, 0) is 56.3 Å². The van der Waals surface area contributed by atoms with Gasteiger partial charge in [-0.25, -0.2) is 9.50 Å². The fourth-order valence-corrected chi connectivity index (χ4v) is 5.61. The summed E-state index contributed by atoms with van der Waals surface area (Å²) in [4.78, 5) is 26.8. The van der Waals surface area contributed by atoms with Crippen LogP contribution in [-0.4, -0.2) is 69.2 Å². The maximum absolute atomic E-state index is 11.8. The van der Waals surface area contributed by atoms with E-state index >= 15 is 0 Å². The molecular formula is C27H35N7O2. The highest BCUT2D eigenvalue weighted by Gasteiger charge is 2.27. The van der Waals surface area contributed by atoms with Crippen molar-refractivity contribution >= 4 is 22.5 Å². The number of H-pyrrole nitrogens is 1. The van der Waals surface area contributed by atoms with Gasteiger partial charge in [-0.2, -0.15) is 5.10 Å². The number of carbonyl (C=O) groups is 1. The number of fused-ring (bicyclic) bond motifs is 2. The Kier molecular flexibility index (Phi) is 6.66. The van der Waals surface area contributed by atoms with Gasteiger partial charge in [0.1, 0.15) is 6.33 Å². The minimum atomic E-state index is 0.0665. The first-order chi connectivity index (χ1) is 17.4. The molecule has 1 saturated carbocycles. The zero-order chi connectivity index (χ0) is 25.4. The number of nitrogens with one attached hydrogen (secondary N) is 2. The number of likely N-dealkylation sites (N-methyl/N-ethyl adjacent to an activating group) is 2. The van der Waals surface area contributed by atoms with E-state index in [1.165, 1.54) is 17.3 Å². The lowest BCUT2D eigenvalue weighted by Crippen LogP contribution is -2.41. The number of rotatable bonds is 7. The van der Waals surface area contributed by atoms with E-state index in [1.54, 1.807) is 18.7 Å². The molecule has 0 unspecified atom stereocenters. The lowest BCUT2D eigenvalue weighted by atomic mass is 9.83. The quantitative estimate of drug-likeness (QED) is 0.405. The van der Waals surface area contributed by atoms with Crippen molar-refractivity contribution in [3.8, 4) is 17.0 Å². The van der Waals surface area contributed by atoms with E-state index in [0.717, 1.165) is 48.2 Å². The van der Waals surface area contributed by atoms with Crippen molar-refractivity contribution in [3.63, 3.8) is 0 Å². The highest BCUT2D eigenvalue weighted by molar-refractivity contribution is 5.91. The summed E-state index contributed by atoms with van der Waals surface area (Å²) in [6, 6.07) is 4.75. The number of hydrogen-bond acceptors (Lipinski definition) is 6. The van der Waals surface area contributed by atoms with Gasteiger partial charge < -0.3 is 15.0 Å². The Labute approximate surface area is 211 Å². The van der Waals surface area contributed by atoms with Gasteiger partial charge in [0, 0.05) is 41.8 Å². The van der Waals surface area contributed by atoms with Gasteiger partial charge in [0.25, 0.3) is 0 Å². The van der Waals surface area contributed by atoms with Crippen LogP contribution in [0.25, 0.3) is 27.8 Å². The van der Waals surface area contributed by atoms with Crippen LogP contribution in [0.4, 0.5) is 0 Å². The molecule has 0 aromatic carbocycles. The fraction of sp³-hybridized carbons (Fsp3) is 0.481. The summed E-state index contributed by atoms with van der Waals surface area (Å²) < 4.78 is 7.36. The Morgan fingerprint density at radius 2 is 2.03 bits per heavy atom. The lowest BCUT2D eigenvalue weighted by Gasteiger charge is -2.34. The first-order valence-electron chi connectivity index (χ1n) is 12.7. The second-order valence-electron chi connectivity index (χ2n) is 10.1. The van der Waals surface area contributed by atoms with Gasteiger partial charge in [-0.1, -0.05) is 13.8 Å². The average Bonchev–Trinajstić information content (AvgIpc) is 3.52. The monoisotopic (exact) mass is 489 g/mol. The van der Waals surface area contributed by atoms with Crippen LogP contribution in [0, 0.1) is 0 Å². The molecule has 0 atom stereocenters. The highest BCUT2D eigenvalue weighted by atomic mass is 16.5. The molecule has 4 heterocycles. The second-order valence-corrected chi connectivity index (χ2v) is 10.1. The summed E-state index contributed by atoms with van der Waals surface area (Å²) in [5.74, 6) is 1.51. The molecule has 36 heavy (non-hydrogen) atoms. The molecule has 1 aliphatic rings. The zero-order valence-electron chi connectivity index (χ0n) is 21.7. The maximum atomic E-state index is 11.8. The molecule has 1 amide bonds. The van der Waals surface area contributed by atoms with Crippen molar-refractivity contribution in [1.29, 1.82) is 0 Å². The second kappa shape index (κ2) is 9.89. The minimum Gasteiger partial charge on any atom is -0.493 e. The Balaban J connectivity index is 1.44. The molecular weight excluding hydrogens is 454 g/mol. The number of hydrogen-bond donors (Lipinski definition) is 2. The number of nitrogens with zero attached hydrogens (tertiary/aromatic N) is 5. The van der Waals surface area contributed by atoms with Crippen LogP contribution in [0.2, 0.25) is 0 Å². The normalized spacial score (nSPS) is 18.4. The van der Waals surface area contributed by atoms with Crippen molar-refractivity contribution in [2.45, 2.75) is 57.4 Å². The van der Waals surface area contributed by atoms with Crippen LogP contribution in [0.5, 0.6) is 5.75 Å². The van der Waals surface area contributed by atoms with Crippen molar-refractivity contribution in [3.05, 3.63) is 42.1 Å². The van der Waals surface area contributed by atoms with Gasteiger partial charge in [-0.3, -0.25) is 14.7 Å². The molecule has 1 aliphatic carbocycles. The van der Waals surface area contributed by atoms with E-state index in [0.29, 0.717) is 35.8 Å². The van der Waals surface area contributed by atoms with Crippen LogP contribution in [0.1, 0.15) is 62.6 Å². The number of aromatic amines is 1. The van der Waals surface area contributed by atoms with Crippen LogP contribution >= 0.6 is 0 Å². The minimum absolute atomic E-state index is 0.0665.